The molecule has 1 saturated heterocycles. The first-order chi connectivity index (χ1) is 23.0. The Kier molecular flexibility index (Phi) is 8.81. The highest BCUT2D eigenvalue weighted by molar-refractivity contribution is 7.99. The van der Waals surface area contributed by atoms with Gasteiger partial charge in [-0.1, -0.05) is 90.4 Å². The van der Waals surface area contributed by atoms with Gasteiger partial charge in [0.1, 0.15) is 37.1 Å². The Hall–Kier alpha value is -3.09. The highest BCUT2D eigenvalue weighted by atomic mass is 32.2. The van der Waals surface area contributed by atoms with E-state index in [2.05, 4.69) is 57.9 Å². The number of nitrogens with zero attached hydrogens (tertiary/aromatic N) is 4. The standard InChI is InChI=1S/C39H45F3N4SSi/c1-8-47-39-44-37-33-36(30(41)19-31-26-13-12-24(18-26)20-46(31)38(33)45-39)43-35(34(37)42)28-11-9-10-25-14-15-29(40)27(32(25)28)16-17-48(21(2)3,22(4)5)23(6)7/h9-11,14-15,21-24,26,30-31H,8,12-13,18-20H2,1-7H3/t24-,26+,30+,31+/m0/s1. The van der Waals surface area contributed by atoms with Crippen LogP contribution in [0.2, 0.25) is 16.6 Å². The van der Waals surface area contributed by atoms with E-state index in [0.717, 1.165) is 36.9 Å². The molecule has 3 aliphatic rings. The van der Waals surface area contributed by atoms with Crippen molar-refractivity contribution in [3.8, 4) is 22.7 Å². The number of thioether (sulfide) groups is 1. The van der Waals surface area contributed by atoms with E-state index in [4.69, 9.17) is 15.0 Å². The molecule has 4 heterocycles. The fourth-order valence-corrected chi connectivity index (χ4v) is 15.2. The summed E-state index contributed by atoms with van der Waals surface area (Å²) in [5.74, 6) is 4.48. The molecule has 2 bridgehead atoms. The third-order valence-electron chi connectivity index (χ3n) is 11.6. The van der Waals surface area contributed by atoms with Gasteiger partial charge in [0.2, 0.25) is 0 Å². The summed E-state index contributed by atoms with van der Waals surface area (Å²) in [7, 11) is -2.22. The maximum absolute atomic E-state index is 17.2. The van der Waals surface area contributed by atoms with Crippen molar-refractivity contribution in [2.75, 3.05) is 17.2 Å². The molecule has 0 unspecified atom stereocenters. The van der Waals surface area contributed by atoms with Gasteiger partial charge in [0.05, 0.1) is 16.6 Å². The van der Waals surface area contributed by atoms with Crippen molar-refractivity contribution in [3.05, 3.63) is 53.2 Å². The van der Waals surface area contributed by atoms with Crippen molar-refractivity contribution in [2.45, 2.75) is 108 Å². The van der Waals surface area contributed by atoms with Gasteiger partial charge in [-0.15, -0.1) is 5.54 Å². The number of benzene rings is 2. The first-order valence-corrected chi connectivity index (χ1v) is 20.9. The average molecular weight is 687 g/mol. The lowest BCUT2D eigenvalue weighted by molar-refractivity contribution is 0.239. The normalized spacial score (nSPS) is 22.1. The zero-order valence-corrected chi connectivity index (χ0v) is 30.8. The Labute approximate surface area is 287 Å². The molecule has 0 amide bonds. The molecule has 2 aromatic carbocycles. The second-order valence-electron chi connectivity index (χ2n) is 15.0. The average Bonchev–Trinajstić information content (AvgIpc) is 3.39. The Morgan fingerprint density at radius 3 is 2.40 bits per heavy atom. The third-order valence-corrected chi connectivity index (χ3v) is 18.6. The van der Waals surface area contributed by atoms with Crippen LogP contribution in [0, 0.1) is 34.9 Å². The Bertz CT molecular complexity index is 1950. The van der Waals surface area contributed by atoms with Gasteiger partial charge in [0.15, 0.2) is 11.0 Å². The fourth-order valence-electron chi connectivity index (χ4n) is 9.43. The molecule has 7 rings (SSSR count). The van der Waals surface area contributed by atoms with Crippen molar-refractivity contribution in [1.29, 1.82) is 0 Å². The molecule has 1 aliphatic carbocycles. The molecule has 2 aliphatic heterocycles. The molecule has 252 valence electrons. The summed E-state index contributed by atoms with van der Waals surface area (Å²) in [5, 5.41) is 2.08. The molecule has 1 saturated carbocycles. The van der Waals surface area contributed by atoms with E-state index in [1.165, 1.54) is 17.8 Å². The monoisotopic (exact) mass is 686 g/mol. The van der Waals surface area contributed by atoms with Crippen LogP contribution >= 0.6 is 11.8 Å². The van der Waals surface area contributed by atoms with Gasteiger partial charge < -0.3 is 4.90 Å². The highest BCUT2D eigenvalue weighted by Gasteiger charge is 2.46. The summed E-state index contributed by atoms with van der Waals surface area (Å²) in [6, 6.07) is 8.58. The van der Waals surface area contributed by atoms with Gasteiger partial charge in [0.25, 0.3) is 0 Å². The van der Waals surface area contributed by atoms with Crippen LogP contribution in [0.15, 0.2) is 35.5 Å². The lowest BCUT2D eigenvalue weighted by Crippen LogP contribution is -2.46. The van der Waals surface area contributed by atoms with Gasteiger partial charge in [-0.3, -0.25) is 0 Å². The van der Waals surface area contributed by atoms with Crippen LogP contribution in [0.4, 0.5) is 19.0 Å². The maximum Gasteiger partial charge on any atom is 0.190 e. The van der Waals surface area contributed by atoms with Gasteiger partial charge >= 0.3 is 0 Å². The second-order valence-corrected chi connectivity index (χ2v) is 21.8. The highest BCUT2D eigenvalue weighted by Crippen LogP contribution is 2.50. The lowest BCUT2D eigenvalue weighted by Gasteiger charge is -2.40. The first-order valence-electron chi connectivity index (χ1n) is 17.7. The number of alkyl halides is 1. The molecule has 4 atom stereocenters. The predicted molar refractivity (Wildman–Crippen MR) is 195 cm³/mol. The molecular formula is C39H45F3N4SSi. The predicted octanol–water partition coefficient (Wildman–Crippen LogP) is 10.8. The molecule has 48 heavy (non-hydrogen) atoms. The molecule has 0 N–H and O–H groups in total. The van der Waals surface area contributed by atoms with E-state index in [9.17, 15) is 0 Å². The zero-order chi connectivity index (χ0) is 34.1. The molecular weight excluding hydrogens is 642 g/mol. The van der Waals surface area contributed by atoms with Crippen LogP contribution in [0.3, 0.4) is 0 Å². The summed E-state index contributed by atoms with van der Waals surface area (Å²) in [6.07, 6.45) is 2.18. The number of fused-ring (bicyclic) bond motifs is 6. The summed E-state index contributed by atoms with van der Waals surface area (Å²) >= 11 is 1.45. The number of aromatic nitrogens is 3. The van der Waals surface area contributed by atoms with Crippen molar-refractivity contribution >= 4 is 47.3 Å². The van der Waals surface area contributed by atoms with E-state index >= 15 is 13.2 Å². The Morgan fingerprint density at radius 1 is 0.938 bits per heavy atom. The number of pyridine rings is 1. The Balaban J connectivity index is 1.50. The van der Waals surface area contributed by atoms with Gasteiger partial charge in [0, 0.05) is 30.0 Å². The summed E-state index contributed by atoms with van der Waals surface area (Å²) < 4.78 is 49.8. The number of piperidine rings is 1. The van der Waals surface area contributed by atoms with Gasteiger partial charge in [-0.05, 0) is 64.9 Å². The zero-order valence-electron chi connectivity index (χ0n) is 29.0. The third kappa shape index (κ3) is 5.24. The van der Waals surface area contributed by atoms with Crippen molar-refractivity contribution in [3.63, 3.8) is 0 Å². The summed E-state index contributed by atoms with van der Waals surface area (Å²) in [6.45, 7) is 16.1. The van der Waals surface area contributed by atoms with E-state index in [-0.39, 0.29) is 34.9 Å². The van der Waals surface area contributed by atoms with E-state index in [1.807, 2.05) is 19.1 Å². The first kappa shape index (κ1) is 33.4. The molecule has 0 radical (unpaired) electrons. The summed E-state index contributed by atoms with van der Waals surface area (Å²) in [4.78, 5) is 16.7. The number of hydrogen-bond donors (Lipinski definition) is 0. The quantitative estimate of drug-likeness (QED) is 0.0874. The van der Waals surface area contributed by atoms with Crippen molar-refractivity contribution in [1.82, 2.24) is 15.0 Å². The molecule has 4 nitrogen and oxygen atoms in total. The summed E-state index contributed by atoms with van der Waals surface area (Å²) in [5.41, 5.74) is 5.64. The minimum atomic E-state index is -2.22. The van der Waals surface area contributed by atoms with Gasteiger partial charge in [-0.2, -0.15) is 0 Å². The molecule has 9 heteroatoms. The van der Waals surface area contributed by atoms with Crippen LogP contribution < -0.4 is 4.90 Å². The Morgan fingerprint density at radius 2 is 1.69 bits per heavy atom. The van der Waals surface area contributed by atoms with Gasteiger partial charge in [-0.25, -0.2) is 28.1 Å². The smallest absolute Gasteiger partial charge is 0.190 e. The number of hydrogen-bond acceptors (Lipinski definition) is 5. The fraction of sp³-hybridized carbons (Fsp3) is 0.513. The maximum atomic E-state index is 17.2. The van der Waals surface area contributed by atoms with E-state index in [1.54, 1.807) is 12.1 Å². The van der Waals surface area contributed by atoms with E-state index in [0.29, 0.717) is 55.8 Å². The molecule has 2 fully saturated rings. The van der Waals surface area contributed by atoms with Crippen LogP contribution in [-0.4, -0.2) is 41.4 Å². The van der Waals surface area contributed by atoms with Crippen LogP contribution in [0.5, 0.6) is 0 Å². The minimum Gasteiger partial charge on any atom is -0.352 e. The minimum absolute atomic E-state index is 0.0158. The lowest BCUT2D eigenvalue weighted by atomic mass is 9.87. The SMILES string of the molecule is CCSc1nc2c3c(nc(-c4cccc5ccc(F)c(C#C[Si](C(C)C)(C(C)C)C(C)C)c45)c(F)c3n1)[C@H](F)C[C@@H]1[C@@H]3CC[C@@H](C3)CN21. The second kappa shape index (κ2) is 12.7. The largest absolute Gasteiger partial charge is 0.352 e. The van der Waals surface area contributed by atoms with Crippen molar-refractivity contribution in [2.24, 2.45) is 11.8 Å². The number of halogens is 3. The topological polar surface area (TPSA) is 41.9 Å². The number of rotatable bonds is 6. The van der Waals surface area contributed by atoms with Crippen LogP contribution in [-0.2, 0) is 0 Å². The van der Waals surface area contributed by atoms with Crippen LogP contribution in [0.1, 0.15) is 91.6 Å². The van der Waals surface area contributed by atoms with Crippen LogP contribution in [0.25, 0.3) is 32.9 Å². The number of anilines is 1. The van der Waals surface area contributed by atoms with Crippen molar-refractivity contribution < 1.29 is 13.2 Å². The van der Waals surface area contributed by atoms with E-state index < -0.39 is 25.9 Å². The molecule has 2 aromatic heterocycles. The molecule has 0 spiro atoms. The molecule has 4 aromatic rings.